The number of anilines is 4. The fourth-order valence-electron chi connectivity index (χ4n) is 10.5. The van der Waals surface area contributed by atoms with Gasteiger partial charge in [0.2, 0.25) is 0 Å². The molecule has 0 N–H and O–H groups in total. The van der Waals surface area contributed by atoms with E-state index in [9.17, 15) is 4.39 Å². The Morgan fingerprint density at radius 2 is 1.23 bits per heavy atom. The molecule has 0 saturated heterocycles. The molecule has 0 spiro atoms. The minimum Gasteiger partial charge on any atom is -0.509 e. The van der Waals surface area contributed by atoms with Gasteiger partial charge in [-0.1, -0.05) is 150 Å². The summed E-state index contributed by atoms with van der Waals surface area (Å²) in [6, 6.07) is 53.7. The largest absolute Gasteiger partial charge is 0.509 e. The smallest absolute Gasteiger partial charge is 0.135 e. The van der Waals surface area contributed by atoms with Gasteiger partial charge in [-0.05, 0) is 145 Å². The van der Waals surface area contributed by atoms with Crippen LogP contribution in [0.15, 0.2) is 140 Å². The van der Waals surface area contributed by atoms with Crippen molar-refractivity contribution in [2.24, 2.45) is 0 Å². The minimum atomic E-state index is -0.239. The second kappa shape index (κ2) is 19.7. The van der Waals surface area contributed by atoms with Gasteiger partial charge >= 0.3 is 0 Å². The molecule has 382 valence electrons. The Hall–Kier alpha value is -6.49. The van der Waals surface area contributed by atoms with Gasteiger partial charge in [-0.2, -0.15) is 6.07 Å². The molecule has 0 bridgehead atoms. The quantitative estimate of drug-likeness (QED) is 0.135. The average molecular weight is 1160 g/mol. The van der Waals surface area contributed by atoms with Crippen molar-refractivity contribution in [3.05, 3.63) is 198 Å². The van der Waals surface area contributed by atoms with Crippen molar-refractivity contribution < 1.29 is 30.2 Å². The second-order valence-electron chi connectivity index (χ2n) is 23.7. The molecule has 0 aliphatic carbocycles. The molecule has 9 aromatic rings. The Bertz CT molecular complexity index is 3490. The molecule has 3 heterocycles. The SMILES string of the molecule is Cc1ccc2c(c1)N(c1c(C(C)C)cc(-c3ccc(F)cc3)cc1C(C)C)[CH-]N2c1[c-]c(Oc2[c-]c3c(cc2)c2ccccc2n3-c2ccccn2)cc(-c2c(C(C)(C)C)cc(C(C)(C)C)cc2C(C)(C)C)c1.[Pt]. The van der Waals surface area contributed by atoms with Gasteiger partial charge in [-0.25, -0.2) is 9.37 Å². The van der Waals surface area contributed by atoms with Gasteiger partial charge < -0.3 is 19.1 Å². The molecule has 7 aromatic carbocycles. The number of aromatic nitrogens is 2. The van der Waals surface area contributed by atoms with Gasteiger partial charge in [-0.3, -0.25) is 0 Å². The van der Waals surface area contributed by atoms with E-state index in [-0.39, 0.29) is 55.0 Å². The molecule has 1 aliphatic rings. The summed E-state index contributed by atoms with van der Waals surface area (Å²) in [6.07, 6.45) is 1.83. The molecule has 10 rings (SSSR count). The first-order valence-electron chi connectivity index (χ1n) is 25.8. The van der Waals surface area contributed by atoms with Crippen molar-refractivity contribution in [1.29, 1.82) is 0 Å². The number of hydrogen-bond acceptors (Lipinski definition) is 4. The number of nitrogens with zero attached hydrogens (tertiary/aromatic N) is 4. The van der Waals surface area contributed by atoms with E-state index in [1.807, 2.05) is 42.6 Å². The monoisotopic (exact) mass is 1160 g/mol. The zero-order chi connectivity index (χ0) is 51.9. The third-order valence-corrected chi connectivity index (χ3v) is 14.4. The van der Waals surface area contributed by atoms with Gasteiger partial charge in [0.15, 0.2) is 0 Å². The number of aryl methyl sites for hydroxylation is 1. The van der Waals surface area contributed by atoms with Crippen LogP contribution >= 0.6 is 0 Å². The Labute approximate surface area is 453 Å². The number of benzene rings is 7. The van der Waals surface area contributed by atoms with Crippen molar-refractivity contribution in [2.45, 2.75) is 125 Å². The molecule has 5 nitrogen and oxygen atoms in total. The predicted molar refractivity (Wildman–Crippen MR) is 304 cm³/mol. The van der Waals surface area contributed by atoms with E-state index in [1.165, 1.54) is 38.9 Å². The maximum absolute atomic E-state index is 14.2. The van der Waals surface area contributed by atoms with E-state index in [0.717, 1.165) is 67.1 Å². The number of rotatable bonds is 9. The van der Waals surface area contributed by atoms with Gasteiger partial charge in [0.1, 0.15) is 11.6 Å². The van der Waals surface area contributed by atoms with Gasteiger partial charge in [0, 0.05) is 61.3 Å². The van der Waals surface area contributed by atoms with Crippen molar-refractivity contribution in [3.63, 3.8) is 0 Å². The predicted octanol–water partition coefficient (Wildman–Crippen LogP) is 18.9. The summed E-state index contributed by atoms with van der Waals surface area (Å²) >= 11 is 0. The van der Waals surface area contributed by atoms with E-state index in [4.69, 9.17) is 9.72 Å². The molecule has 0 unspecified atom stereocenters. The zero-order valence-corrected chi connectivity index (χ0v) is 47.7. The summed E-state index contributed by atoms with van der Waals surface area (Å²) in [5, 5.41) is 2.20. The molecular formula is C67H68FN4OPt-3. The number of hydrogen-bond donors (Lipinski definition) is 0. The zero-order valence-electron chi connectivity index (χ0n) is 45.4. The molecule has 0 amide bonds. The third kappa shape index (κ3) is 9.83. The van der Waals surface area contributed by atoms with Crippen molar-refractivity contribution in [3.8, 4) is 39.6 Å². The van der Waals surface area contributed by atoms with Gasteiger partial charge in [-0.15, -0.1) is 53.6 Å². The molecule has 0 radical (unpaired) electrons. The van der Waals surface area contributed by atoms with Crippen LogP contribution in [-0.2, 0) is 37.3 Å². The van der Waals surface area contributed by atoms with Crippen LogP contribution in [0.2, 0.25) is 0 Å². The van der Waals surface area contributed by atoms with Crippen LogP contribution in [0.3, 0.4) is 0 Å². The Balaban J connectivity index is 0.00000672. The Morgan fingerprint density at radius 3 is 1.84 bits per heavy atom. The molecule has 0 atom stereocenters. The molecule has 0 fully saturated rings. The summed E-state index contributed by atoms with van der Waals surface area (Å²) in [7, 11) is 0. The second-order valence-corrected chi connectivity index (χ2v) is 23.7. The molecule has 1 aliphatic heterocycles. The van der Waals surface area contributed by atoms with E-state index in [0.29, 0.717) is 11.5 Å². The summed E-state index contributed by atoms with van der Waals surface area (Å²) in [5.74, 6) is 2.11. The van der Waals surface area contributed by atoms with Crippen LogP contribution in [0, 0.1) is 31.5 Å². The first-order chi connectivity index (χ1) is 34.5. The van der Waals surface area contributed by atoms with Gasteiger partial charge in [0.25, 0.3) is 0 Å². The summed E-state index contributed by atoms with van der Waals surface area (Å²) in [4.78, 5) is 9.46. The number of para-hydroxylation sites is 1. The Morgan fingerprint density at radius 1 is 0.581 bits per heavy atom. The fraction of sp³-hybridized carbons (Fsp3) is 0.284. The maximum Gasteiger partial charge on any atom is 0.135 e. The molecule has 2 aromatic heterocycles. The first-order valence-corrected chi connectivity index (χ1v) is 25.8. The van der Waals surface area contributed by atoms with Crippen LogP contribution in [0.5, 0.6) is 11.5 Å². The van der Waals surface area contributed by atoms with Crippen LogP contribution in [0.4, 0.5) is 27.1 Å². The summed E-state index contributed by atoms with van der Waals surface area (Å²) < 4.78 is 23.5. The van der Waals surface area contributed by atoms with E-state index in [1.54, 1.807) is 12.1 Å². The van der Waals surface area contributed by atoms with Gasteiger partial charge in [0.05, 0.1) is 0 Å². The van der Waals surface area contributed by atoms with Crippen LogP contribution < -0.4 is 14.5 Å². The standard InChI is InChI=1S/C67H68FN4O.Pt/c1-41(2)54-34-45(44-23-25-48(68)26-24-44)35-55(42(3)4)64(54)71-40-70(59-29-22-43(5)31-61(59)71)49-32-46(63-56(66(9,10)11)36-47(65(6,7)8)37-57(63)67(12,13)14)33-51(38-49)73-50-27-28-53-52-19-15-16-20-58(52)72(60(53)39-50)62-21-17-18-30-69-62;/h15-37,40-42H,1-14H3;/q-3;. The van der Waals surface area contributed by atoms with Crippen molar-refractivity contribution >= 4 is 44.6 Å². The van der Waals surface area contributed by atoms with Crippen LogP contribution in [0.1, 0.15) is 135 Å². The van der Waals surface area contributed by atoms with E-state index >= 15 is 0 Å². The number of ether oxygens (including phenoxy) is 1. The molecule has 74 heavy (non-hydrogen) atoms. The minimum absolute atomic E-state index is 0. The summed E-state index contributed by atoms with van der Waals surface area (Å²) in [6.45, 7) is 34.3. The third-order valence-electron chi connectivity index (χ3n) is 14.4. The van der Waals surface area contributed by atoms with E-state index < -0.39 is 0 Å². The fourth-order valence-corrected chi connectivity index (χ4v) is 10.5. The molecule has 0 saturated carbocycles. The first kappa shape index (κ1) is 52.4. The van der Waals surface area contributed by atoms with Crippen LogP contribution in [-0.4, -0.2) is 9.55 Å². The van der Waals surface area contributed by atoms with Crippen molar-refractivity contribution in [2.75, 3.05) is 9.80 Å². The number of halogens is 1. The summed E-state index contributed by atoms with van der Waals surface area (Å²) in [5.41, 5.74) is 17.4. The maximum atomic E-state index is 14.2. The molecule has 7 heteroatoms. The van der Waals surface area contributed by atoms with E-state index in [2.05, 4.69) is 215 Å². The normalized spacial score (nSPS) is 13.1. The van der Waals surface area contributed by atoms with Crippen LogP contribution in [0.25, 0.3) is 49.9 Å². The molecular weight excluding hydrogens is 1090 g/mol. The van der Waals surface area contributed by atoms with Crippen molar-refractivity contribution in [1.82, 2.24) is 9.55 Å². The number of pyridine rings is 1. The topological polar surface area (TPSA) is 33.5 Å². The number of fused-ring (bicyclic) bond motifs is 4. The Kier molecular flexibility index (Phi) is 13.9. The average Bonchev–Trinajstić information content (AvgIpc) is 3.88.